The van der Waals surface area contributed by atoms with Gasteiger partial charge in [-0.15, -0.1) is 0 Å². The number of hydrogen-bond acceptors (Lipinski definition) is 4. The smallest absolute Gasteiger partial charge is 0.262 e. The van der Waals surface area contributed by atoms with E-state index in [1.54, 1.807) is 36.0 Å². The van der Waals surface area contributed by atoms with E-state index in [0.29, 0.717) is 29.2 Å². The van der Waals surface area contributed by atoms with E-state index < -0.39 is 6.04 Å². The molecule has 0 aromatic heterocycles. The molecule has 1 fully saturated rings. The summed E-state index contributed by atoms with van der Waals surface area (Å²) in [4.78, 5) is 39.7. The summed E-state index contributed by atoms with van der Waals surface area (Å²) in [7, 11) is 0. The van der Waals surface area contributed by atoms with Crippen molar-refractivity contribution in [2.75, 3.05) is 12.0 Å². The summed E-state index contributed by atoms with van der Waals surface area (Å²) in [5.41, 5.74) is 0.789. The zero-order valence-corrected chi connectivity index (χ0v) is 16.2. The number of fused-ring (bicyclic) bond motifs is 1. The second-order valence-electron chi connectivity index (χ2n) is 7.29. The summed E-state index contributed by atoms with van der Waals surface area (Å²) < 4.78 is 0. The molecule has 1 aromatic rings. The molecule has 140 valence electrons. The number of thioether (sulfide) groups is 1. The van der Waals surface area contributed by atoms with Gasteiger partial charge in [-0.05, 0) is 62.2 Å². The number of hydrogen-bond donors (Lipinski definition) is 1. The highest BCUT2D eigenvalue weighted by Crippen LogP contribution is 2.27. The highest BCUT2D eigenvalue weighted by Gasteiger charge is 2.42. The Kier molecular flexibility index (Phi) is 6.01. The lowest BCUT2D eigenvalue weighted by atomic mass is 9.87. The van der Waals surface area contributed by atoms with E-state index >= 15 is 0 Å². The molecular weight excluding hydrogens is 348 g/mol. The largest absolute Gasteiger partial charge is 0.352 e. The summed E-state index contributed by atoms with van der Waals surface area (Å²) in [6.45, 7) is 2.23. The fraction of sp³-hybridized carbons (Fsp3) is 0.550. The van der Waals surface area contributed by atoms with Crippen LogP contribution in [0.15, 0.2) is 24.3 Å². The van der Waals surface area contributed by atoms with Crippen molar-refractivity contribution < 1.29 is 14.4 Å². The standard InChI is InChI=1S/C20H26N2O3S/c1-13-7-9-14(10-8-13)21-18(23)17(11-12-26-2)22-19(24)15-5-3-4-6-16(15)20(22)25/h3-6,13-14,17H,7-12H2,1-2H3,(H,21,23). The minimum Gasteiger partial charge on any atom is -0.352 e. The van der Waals surface area contributed by atoms with Crippen molar-refractivity contribution in [1.29, 1.82) is 0 Å². The average molecular weight is 375 g/mol. The quantitative estimate of drug-likeness (QED) is 0.777. The lowest BCUT2D eigenvalue weighted by molar-refractivity contribution is -0.126. The van der Waals surface area contributed by atoms with Gasteiger partial charge in [-0.25, -0.2) is 0 Å². The number of benzene rings is 1. The zero-order chi connectivity index (χ0) is 18.7. The summed E-state index contributed by atoms with van der Waals surface area (Å²) in [5, 5.41) is 3.10. The molecule has 3 amide bonds. The van der Waals surface area contributed by atoms with Crippen molar-refractivity contribution in [2.24, 2.45) is 5.92 Å². The third-order valence-corrected chi connectivity index (χ3v) is 6.04. The Bertz CT molecular complexity index is 663. The lowest BCUT2D eigenvalue weighted by Crippen LogP contribution is -2.52. The Balaban J connectivity index is 1.77. The van der Waals surface area contributed by atoms with Crippen LogP contribution in [0.25, 0.3) is 0 Å². The molecule has 2 aliphatic rings. The topological polar surface area (TPSA) is 66.5 Å². The molecular formula is C20H26N2O3S. The van der Waals surface area contributed by atoms with E-state index in [4.69, 9.17) is 0 Å². The third kappa shape index (κ3) is 3.80. The van der Waals surface area contributed by atoms with Crippen LogP contribution in [0.4, 0.5) is 0 Å². The van der Waals surface area contributed by atoms with Crippen LogP contribution in [-0.4, -0.2) is 46.7 Å². The van der Waals surface area contributed by atoms with Crippen LogP contribution in [0, 0.1) is 5.92 Å². The van der Waals surface area contributed by atoms with Crippen molar-refractivity contribution >= 4 is 29.5 Å². The first-order valence-corrected chi connectivity index (χ1v) is 10.7. The number of rotatable bonds is 6. The number of nitrogens with zero attached hydrogens (tertiary/aromatic N) is 1. The molecule has 0 saturated heterocycles. The zero-order valence-electron chi connectivity index (χ0n) is 15.4. The van der Waals surface area contributed by atoms with Gasteiger partial charge < -0.3 is 5.32 Å². The van der Waals surface area contributed by atoms with Crippen LogP contribution in [0.5, 0.6) is 0 Å². The molecule has 1 heterocycles. The van der Waals surface area contributed by atoms with E-state index in [0.717, 1.165) is 25.7 Å². The van der Waals surface area contributed by atoms with Crippen LogP contribution in [0.1, 0.15) is 59.7 Å². The molecule has 3 rings (SSSR count). The van der Waals surface area contributed by atoms with Crippen LogP contribution in [0.2, 0.25) is 0 Å². The minimum atomic E-state index is -0.741. The van der Waals surface area contributed by atoms with E-state index in [1.807, 2.05) is 6.26 Å². The fourth-order valence-electron chi connectivity index (χ4n) is 3.80. The first-order valence-electron chi connectivity index (χ1n) is 9.29. The number of imide groups is 1. The number of amides is 3. The molecule has 1 N–H and O–H groups in total. The van der Waals surface area contributed by atoms with Crippen molar-refractivity contribution in [1.82, 2.24) is 10.2 Å². The highest BCUT2D eigenvalue weighted by molar-refractivity contribution is 7.98. The van der Waals surface area contributed by atoms with Gasteiger partial charge in [0.05, 0.1) is 11.1 Å². The molecule has 1 atom stereocenters. The van der Waals surface area contributed by atoms with E-state index in [1.165, 1.54) is 4.90 Å². The van der Waals surface area contributed by atoms with Crippen molar-refractivity contribution in [3.05, 3.63) is 35.4 Å². The predicted molar refractivity (Wildman–Crippen MR) is 103 cm³/mol. The number of carbonyl (C=O) groups is 3. The molecule has 6 heteroatoms. The highest BCUT2D eigenvalue weighted by atomic mass is 32.2. The Hall–Kier alpha value is -1.82. The summed E-state index contributed by atoms with van der Waals surface area (Å²) in [6, 6.07) is 6.20. The summed E-state index contributed by atoms with van der Waals surface area (Å²) in [6.07, 6.45) is 6.57. The van der Waals surface area contributed by atoms with Crippen LogP contribution >= 0.6 is 11.8 Å². The number of carbonyl (C=O) groups excluding carboxylic acids is 3. The van der Waals surface area contributed by atoms with Crippen LogP contribution in [0.3, 0.4) is 0 Å². The van der Waals surface area contributed by atoms with Crippen molar-refractivity contribution in [3.63, 3.8) is 0 Å². The van der Waals surface area contributed by atoms with Gasteiger partial charge in [-0.2, -0.15) is 11.8 Å². The predicted octanol–water partition coefficient (Wildman–Crippen LogP) is 3.10. The fourth-order valence-corrected chi connectivity index (χ4v) is 4.26. The maximum absolute atomic E-state index is 13.0. The Morgan fingerprint density at radius 3 is 2.27 bits per heavy atom. The second-order valence-corrected chi connectivity index (χ2v) is 8.27. The molecule has 1 saturated carbocycles. The number of nitrogens with one attached hydrogen (secondary N) is 1. The van der Waals surface area contributed by atoms with Gasteiger partial charge in [-0.1, -0.05) is 19.1 Å². The van der Waals surface area contributed by atoms with Gasteiger partial charge in [0.15, 0.2) is 0 Å². The maximum Gasteiger partial charge on any atom is 0.262 e. The van der Waals surface area contributed by atoms with E-state index in [9.17, 15) is 14.4 Å². The molecule has 0 radical (unpaired) electrons. The Morgan fingerprint density at radius 1 is 1.15 bits per heavy atom. The van der Waals surface area contributed by atoms with Gasteiger partial charge in [0.2, 0.25) is 5.91 Å². The van der Waals surface area contributed by atoms with Gasteiger partial charge >= 0.3 is 0 Å². The molecule has 26 heavy (non-hydrogen) atoms. The molecule has 1 aliphatic carbocycles. The first kappa shape index (κ1) is 19.0. The maximum atomic E-state index is 13.0. The molecule has 5 nitrogen and oxygen atoms in total. The van der Waals surface area contributed by atoms with Gasteiger partial charge in [-0.3, -0.25) is 19.3 Å². The minimum absolute atomic E-state index is 0.144. The summed E-state index contributed by atoms with van der Waals surface area (Å²) >= 11 is 1.61. The third-order valence-electron chi connectivity index (χ3n) is 5.40. The van der Waals surface area contributed by atoms with Crippen LogP contribution in [-0.2, 0) is 4.79 Å². The summed E-state index contributed by atoms with van der Waals surface area (Å²) in [5.74, 6) is 0.501. The second kappa shape index (κ2) is 8.25. The molecule has 0 spiro atoms. The molecule has 1 aliphatic heterocycles. The monoisotopic (exact) mass is 374 g/mol. The molecule has 0 bridgehead atoms. The Morgan fingerprint density at radius 2 is 1.73 bits per heavy atom. The average Bonchev–Trinajstić information content (AvgIpc) is 2.89. The van der Waals surface area contributed by atoms with E-state index in [2.05, 4.69) is 12.2 Å². The van der Waals surface area contributed by atoms with Crippen molar-refractivity contribution in [2.45, 2.75) is 51.1 Å². The van der Waals surface area contributed by atoms with Gasteiger partial charge in [0.25, 0.3) is 11.8 Å². The lowest BCUT2D eigenvalue weighted by Gasteiger charge is -2.31. The van der Waals surface area contributed by atoms with E-state index in [-0.39, 0.29) is 23.8 Å². The van der Waals surface area contributed by atoms with Gasteiger partial charge in [0.1, 0.15) is 6.04 Å². The van der Waals surface area contributed by atoms with Gasteiger partial charge in [0, 0.05) is 6.04 Å². The van der Waals surface area contributed by atoms with Crippen LogP contribution < -0.4 is 5.32 Å². The first-order chi connectivity index (χ1) is 12.5. The van der Waals surface area contributed by atoms with Crippen molar-refractivity contribution in [3.8, 4) is 0 Å². The molecule has 1 aromatic carbocycles. The molecule has 1 unspecified atom stereocenters. The SMILES string of the molecule is CSCCC(C(=O)NC1CCC(C)CC1)N1C(=O)c2ccccc2C1=O. The normalized spacial score (nSPS) is 23.7. The Labute approximate surface area is 158 Å².